The Morgan fingerprint density at radius 1 is 1.15 bits per heavy atom. The van der Waals surface area contributed by atoms with Gasteiger partial charge in [-0.05, 0) is 36.6 Å². The van der Waals surface area contributed by atoms with Crippen molar-refractivity contribution in [1.82, 2.24) is 9.62 Å². The van der Waals surface area contributed by atoms with E-state index < -0.39 is 15.7 Å². The van der Waals surface area contributed by atoms with Gasteiger partial charge in [-0.1, -0.05) is 79.5 Å². The van der Waals surface area contributed by atoms with E-state index in [0.29, 0.717) is 22.7 Å². The summed E-state index contributed by atoms with van der Waals surface area (Å²) < 4.78 is 28.7. The largest absolute Gasteiger partial charge is 0.366 e. The van der Waals surface area contributed by atoms with Crippen molar-refractivity contribution < 1.29 is 13.5 Å². The highest BCUT2D eigenvalue weighted by Crippen LogP contribution is 2.46. The van der Waals surface area contributed by atoms with Gasteiger partial charge in [-0.2, -0.15) is 0 Å². The molecule has 1 fully saturated rings. The van der Waals surface area contributed by atoms with Gasteiger partial charge in [0.2, 0.25) is 10.0 Å². The summed E-state index contributed by atoms with van der Waals surface area (Å²) in [5, 5.41) is 20.7. The molecule has 11 heteroatoms. The molecule has 0 spiro atoms. The van der Waals surface area contributed by atoms with Gasteiger partial charge < -0.3 is 5.11 Å². The number of thioether (sulfide) groups is 1. The van der Waals surface area contributed by atoms with Gasteiger partial charge in [0.25, 0.3) is 0 Å². The minimum atomic E-state index is -4.00. The first-order chi connectivity index (χ1) is 15.1. The summed E-state index contributed by atoms with van der Waals surface area (Å²) in [6.45, 7) is 4.64. The lowest BCUT2D eigenvalue weighted by atomic mass is 10.0. The normalized spacial score (nSPS) is 21.2. The number of aliphatic hydroxyl groups is 1. The lowest BCUT2D eigenvalue weighted by Crippen LogP contribution is -2.48. The molecule has 2 aromatic rings. The fraction of sp³-hybridized carbons (Fsp3) is 0.409. The Labute approximate surface area is 216 Å². The molecule has 1 aliphatic heterocycles. The van der Waals surface area contributed by atoms with E-state index in [1.807, 2.05) is 11.8 Å². The van der Waals surface area contributed by atoms with Crippen molar-refractivity contribution in [2.24, 2.45) is 0 Å². The molecule has 1 saturated heterocycles. The highest BCUT2D eigenvalue weighted by molar-refractivity contribution is 8.14. The molecule has 3 N–H and O–H groups in total. The third-order valence-corrected chi connectivity index (χ3v) is 8.90. The Bertz CT molecular complexity index is 1100. The fourth-order valence-electron chi connectivity index (χ4n) is 3.74. The van der Waals surface area contributed by atoms with Gasteiger partial charge in [0.1, 0.15) is 9.94 Å². The van der Waals surface area contributed by atoms with Gasteiger partial charge in [-0.15, -0.1) is 12.4 Å². The van der Waals surface area contributed by atoms with Gasteiger partial charge >= 0.3 is 0 Å². The van der Waals surface area contributed by atoms with Crippen LogP contribution in [0.1, 0.15) is 44.2 Å². The third-order valence-electron chi connectivity index (χ3n) is 5.37. The topological polar surface area (TPSA) is 93.5 Å². The maximum atomic E-state index is 13.1. The Kier molecular flexibility index (Phi) is 10.1. The first kappa shape index (κ1) is 28.4. The second-order valence-electron chi connectivity index (χ2n) is 7.62. The molecule has 33 heavy (non-hydrogen) atoms. The van der Waals surface area contributed by atoms with Crippen LogP contribution in [0.2, 0.25) is 10.0 Å². The Hall–Kier alpha value is -0.840. The summed E-state index contributed by atoms with van der Waals surface area (Å²) in [4.78, 5) is 1.73. The van der Waals surface area contributed by atoms with Crippen LogP contribution in [-0.2, 0) is 22.3 Å². The quantitative estimate of drug-likeness (QED) is 0.376. The van der Waals surface area contributed by atoms with Gasteiger partial charge in [0, 0.05) is 23.7 Å². The van der Waals surface area contributed by atoms with E-state index in [1.54, 1.807) is 30.3 Å². The van der Waals surface area contributed by atoms with E-state index in [0.717, 1.165) is 19.3 Å². The zero-order valence-corrected chi connectivity index (χ0v) is 22.3. The molecule has 1 heterocycles. The van der Waals surface area contributed by atoms with Crippen LogP contribution in [-0.4, -0.2) is 35.4 Å². The van der Waals surface area contributed by atoms with Crippen LogP contribution in [0.15, 0.2) is 47.4 Å². The molecule has 3 rings (SSSR count). The van der Waals surface area contributed by atoms with Crippen molar-refractivity contribution >= 4 is 62.4 Å². The van der Waals surface area contributed by atoms with Crippen LogP contribution in [0, 0.1) is 5.41 Å². The summed E-state index contributed by atoms with van der Waals surface area (Å²) in [6, 6.07) is 11.4. The molecule has 2 aromatic carbocycles. The van der Waals surface area contributed by atoms with Crippen LogP contribution in [0.4, 0.5) is 0 Å². The van der Waals surface area contributed by atoms with Crippen LogP contribution >= 0.6 is 47.4 Å². The van der Waals surface area contributed by atoms with Crippen LogP contribution in [0.5, 0.6) is 0 Å². The van der Waals surface area contributed by atoms with Gasteiger partial charge in [-0.3, -0.25) is 10.3 Å². The van der Waals surface area contributed by atoms with Crippen molar-refractivity contribution in [2.75, 3.05) is 6.54 Å². The lowest BCUT2D eigenvalue weighted by Gasteiger charge is -2.36. The van der Waals surface area contributed by atoms with Crippen LogP contribution in [0.25, 0.3) is 0 Å². The van der Waals surface area contributed by atoms with E-state index in [9.17, 15) is 13.5 Å². The molecule has 0 aromatic heterocycles. The molecule has 2 atom stereocenters. The van der Waals surface area contributed by atoms with Gasteiger partial charge in [-0.25, -0.2) is 13.1 Å². The average Bonchev–Trinajstić information content (AvgIpc) is 2.99. The van der Waals surface area contributed by atoms with Crippen molar-refractivity contribution in [3.63, 3.8) is 0 Å². The van der Waals surface area contributed by atoms with Gasteiger partial charge in [0.15, 0.2) is 5.72 Å². The summed E-state index contributed by atoms with van der Waals surface area (Å²) in [5.41, 5.74) is -0.753. The summed E-state index contributed by atoms with van der Waals surface area (Å²) in [6.07, 6.45) is 2.51. The second-order valence-corrected chi connectivity index (χ2v) is 11.4. The first-order valence-corrected chi connectivity index (χ1v) is 13.5. The molecule has 1 aliphatic rings. The lowest BCUT2D eigenvalue weighted by molar-refractivity contribution is -0.0557. The number of benzene rings is 2. The average molecular weight is 553 g/mol. The Morgan fingerprint density at radius 3 is 2.48 bits per heavy atom. The number of nitrogens with zero attached hydrogens (tertiary/aromatic N) is 1. The molecule has 0 radical (unpaired) electrons. The highest BCUT2D eigenvalue weighted by Gasteiger charge is 2.51. The molecule has 182 valence electrons. The maximum Gasteiger partial charge on any atom is 0.242 e. The molecule has 0 bridgehead atoms. The van der Waals surface area contributed by atoms with Crippen molar-refractivity contribution in [2.45, 2.75) is 55.6 Å². The molecule has 0 amide bonds. The number of nitrogens with one attached hydrogen (secondary N) is 2. The predicted octanol–water partition coefficient (Wildman–Crippen LogP) is 5.60. The predicted molar refractivity (Wildman–Crippen MR) is 139 cm³/mol. The van der Waals surface area contributed by atoms with E-state index in [1.165, 1.54) is 23.9 Å². The Balaban J connectivity index is 0.00000385. The molecule has 0 saturated carbocycles. The van der Waals surface area contributed by atoms with Crippen molar-refractivity contribution in [3.8, 4) is 0 Å². The summed E-state index contributed by atoms with van der Waals surface area (Å²) >= 11 is 13.7. The fourth-order valence-corrected chi connectivity index (χ4v) is 6.89. The Morgan fingerprint density at radius 2 is 1.85 bits per heavy atom. The van der Waals surface area contributed by atoms with Crippen molar-refractivity contribution in [1.29, 1.82) is 5.41 Å². The molecular formula is C22H28Cl3N3O3S2. The monoisotopic (exact) mass is 551 g/mol. The minimum absolute atomic E-state index is 0. The molecule has 6 nitrogen and oxygen atoms in total. The van der Waals surface area contributed by atoms with E-state index in [4.69, 9.17) is 28.6 Å². The number of hydrogen-bond acceptors (Lipinski definition) is 6. The van der Waals surface area contributed by atoms with E-state index >= 15 is 0 Å². The minimum Gasteiger partial charge on any atom is -0.366 e. The highest BCUT2D eigenvalue weighted by atomic mass is 35.5. The van der Waals surface area contributed by atoms with E-state index in [2.05, 4.69) is 11.6 Å². The SMILES string of the molecule is CCCC1SC(=N)C(O)(c2ccc(Cl)c(S(=O)(=O)NCc3ccccc3Cl)c2)N1CCC.Cl. The number of rotatable bonds is 9. The number of hydrogen-bond donors (Lipinski definition) is 3. The zero-order valence-electron chi connectivity index (χ0n) is 18.3. The van der Waals surface area contributed by atoms with Gasteiger partial charge in [0.05, 0.1) is 10.4 Å². The number of halogens is 3. The standard InChI is InChI=1S/C22H27Cl2N3O3S2.ClH/c1-3-7-20-27(12-4-2)22(28,21(25)31-20)16-10-11-18(24)19(13-16)32(29,30)26-14-15-8-5-6-9-17(15)23;/h5-6,8-11,13,20,25-26,28H,3-4,7,12,14H2,1-2H3;1H. The van der Waals surface area contributed by atoms with Crippen molar-refractivity contribution in [3.05, 3.63) is 63.6 Å². The van der Waals surface area contributed by atoms with E-state index in [-0.39, 0.29) is 39.3 Å². The second kappa shape index (κ2) is 11.7. The first-order valence-electron chi connectivity index (χ1n) is 10.4. The van der Waals surface area contributed by atoms with Crippen LogP contribution < -0.4 is 4.72 Å². The summed E-state index contributed by atoms with van der Waals surface area (Å²) in [7, 11) is -4.00. The molecule has 2 unspecified atom stereocenters. The zero-order chi connectivity index (χ0) is 23.5. The smallest absolute Gasteiger partial charge is 0.242 e. The maximum absolute atomic E-state index is 13.1. The van der Waals surface area contributed by atoms with Crippen LogP contribution in [0.3, 0.4) is 0 Å². The summed E-state index contributed by atoms with van der Waals surface area (Å²) in [5.74, 6) is 0. The third kappa shape index (κ3) is 5.87. The number of sulfonamides is 1. The molecule has 0 aliphatic carbocycles. The molecular weight excluding hydrogens is 525 g/mol.